The Balaban J connectivity index is 2.20. The van der Waals surface area contributed by atoms with E-state index in [1.54, 1.807) is 6.20 Å². The number of carbonyl (C=O) groups is 1. The van der Waals surface area contributed by atoms with E-state index in [2.05, 4.69) is 22.7 Å². The van der Waals surface area contributed by atoms with E-state index in [-0.39, 0.29) is 18.0 Å². The lowest BCUT2D eigenvalue weighted by Crippen LogP contribution is -2.46. The van der Waals surface area contributed by atoms with Crippen molar-refractivity contribution in [1.29, 1.82) is 0 Å². The lowest BCUT2D eigenvalue weighted by molar-refractivity contribution is -0.123. The molecule has 1 heterocycles. The highest BCUT2D eigenvalue weighted by molar-refractivity contribution is 5.81. The van der Waals surface area contributed by atoms with Crippen molar-refractivity contribution in [3.63, 3.8) is 0 Å². The minimum Gasteiger partial charge on any atom is -0.352 e. The molecule has 0 aliphatic rings. The van der Waals surface area contributed by atoms with Crippen molar-refractivity contribution < 1.29 is 4.79 Å². The van der Waals surface area contributed by atoms with E-state index in [1.165, 1.54) is 0 Å². The van der Waals surface area contributed by atoms with Gasteiger partial charge in [-0.2, -0.15) is 5.10 Å². The first-order chi connectivity index (χ1) is 8.13. The van der Waals surface area contributed by atoms with E-state index in [0.717, 1.165) is 19.5 Å². The second kappa shape index (κ2) is 7.06. The average Bonchev–Trinajstić information content (AvgIpc) is 2.81. The van der Waals surface area contributed by atoms with Crippen molar-refractivity contribution in [2.45, 2.75) is 45.8 Å². The number of nitrogens with one attached hydrogen (secondary N) is 2. The summed E-state index contributed by atoms with van der Waals surface area (Å²) in [6, 6.07) is 1.96. The molecule has 0 bridgehead atoms. The minimum absolute atomic E-state index is 0.0554. The third-order valence-electron chi connectivity index (χ3n) is 2.74. The topological polar surface area (TPSA) is 59.0 Å². The molecule has 96 valence electrons. The van der Waals surface area contributed by atoms with Gasteiger partial charge in [0, 0.05) is 25.0 Å². The Morgan fingerprint density at radius 2 is 2.24 bits per heavy atom. The van der Waals surface area contributed by atoms with Crippen molar-refractivity contribution in [3.8, 4) is 0 Å². The maximum atomic E-state index is 11.7. The van der Waals surface area contributed by atoms with Crippen LogP contribution in [-0.2, 0) is 11.3 Å². The molecular formula is C12H22N4O. The van der Waals surface area contributed by atoms with Crippen LogP contribution in [0.3, 0.4) is 0 Å². The Kier molecular flexibility index (Phi) is 5.69. The molecule has 0 unspecified atom stereocenters. The van der Waals surface area contributed by atoms with Crippen LogP contribution >= 0.6 is 0 Å². The molecule has 0 saturated heterocycles. The largest absolute Gasteiger partial charge is 0.352 e. The molecule has 1 aromatic heterocycles. The molecule has 0 spiro atoms. The molecule has 5 nitrogen and oxygen atoms in total. The van der Waals surface area contributed by atoms with Crippen LogP contribution in [0.4, 0.5) is 0 Å². The highest BCUT2D eigenvalue weighted by atomic mass is 16.2. The predicted octanol–water partition coefficient (Wildman–Crippen LogP) is 0.776. The number of hydrogen-bond donors (Lipinski definition) is 2. The molecule has 0 radical (unpaired) electrons. The fourth-order valence-electron chi connectivity index (χ4n) is 1.39. The summed E-state index contributed by atoms with van der Waals surface area (Å²) in [6.07, 6.45) is 4.61. The van der Waals surface area contributed by atoms with Crippen LogP contribution in [0, 0.1) is 0 Å². The Hall–Kier alpha value is -1.36. The summed E-state index contributed by atoms with van der Waals surface area (Å²) in [6.45, 7) is 7.45. The van der Waals surface area contributed by atoms with Crippen LogP contribution in [0.1, 0.15) is 27.2 Å². The summed E-state index contributed by atoms with van der Waals surface area (Å²) in [5, 5.41) is 10.2. The molecular weight excluding hydrogens is 216 g/mol. The van der Waals surface area contributed by atoms with E-state index in [1.807, 2.05) is 30.8 Å². The van der Waals surface area contributed by atoms with Gasteiger partial charge in [0.25, 0.3) is 0 Å². The van der Waals surface area contributed by atoms with Crippen LogP contribution < -0.4 is 10.6 Å². The summed E-state index contributed by atoms with van der Waals surface area (Å²) >= 11 is 0. The molecule has 1 rings (SSSR count). The zero-order chi connectivity index (χ0) is 12.7. The number of aromatic nitrogens is 2. The number of carbonyl (C=O) groups excluding carboxylic acids is 1. The van der Waals surface area contributed by atoms with Gasteiger partial charge >= 0.3 is 0 Å². The van der Waals surface area contributed by atoms with Gasteiger partial charge in [-0.3, -0.25) is 9.48 Å². The van der Waals surface area contributed by atoms with Gasteiger partial charge in [-0.1, -0.05) is 6.92 Å². The maximum Gasteiger partial charge on any atom is 0.237 e. The summed E-state index contributed by atoms with van der Waals surface area (Å²) in [7, 11) is 0. The Morgan fingerprint density at radius 3 is 2.82 bits per heavy atom. The van der Waals surface area contributed by atoms with E-state index >= 15 is 0 Å². The molecule has 0 aliphatic carbocycles. The smallest absolute Gasteiger partial charge is 0.237 e. The molecule has 1 aromatic rings. The van der Waals surface area contributed by atoms with Crippen LogP contribution in [-0.4, -0.2) is 34.3 Å². The normalized spacial score (nSPS) is 14.3. The van der Waals surface area contributed by atoms with Crippen LogP contribution in [0.5, 0.6) is 0 Å². The summed E-state index contributed by atoms with van der Waals surface area (Å²) < 4.78 is 1.84. The Bertz CT molecular complexity index is 323. The maximum absolute atomic E-state index is 11.7. The number of amides is 1. The standard InChI is InChI=1S/C12H22N4O/c1-4-10(2)15-12(17)11(3)13-7-9-16-8-5-6-14-16/h5-6,8,10-11,13H,4,7,9H2,1-3H3,(H,15,17)/t10-,11+/m1/s1. The highest BCUT2D eigenvalue weighted by Gasteiger charge is 2.13. The van der Waals surface area contributed by atoms with E-state index < -0.39 is 0 Å². The van der Waals surface area contributed by atoms with Gasteiger partial charge in [-0.15, -0.1) is 0 Å². The molecule has 1 amide bonds. The molecule has 0 fully saturated rings. The van der Waals surface area contributed by atoms with E-state index in [4.69, 9.17) is 0 Å². The minimum atomic E-state index is -0.167. The number of hydrogen-bond acceptors (Lipinski definition) is 3. The third kappa shape index (κ3) is 4.99. The van der Waals surface area contributed by atoms with Crippen molar-refractivity contribution in [2.24, 2.45) is 0 Å². The molecule has 0 saturated carbocycles. The summed E-state index contributed by atoms with van der Waals surface area (Å²) in [4.78, 5) is 11.7. The first-order valence-electron chi connectivity index (χ1n) is 6.14. The quantitative estimate of drug-likeness (QED) is 0.738. The van der Waals surface area contributed by atoms with Crippen LogP contribution in [0.15, 0.2) is 18.5 Å². The predicted molar refractivity (Wildman–Crippen MR) is 67.6 cm³/mol. The SMILES string of the molecule is CC[C@@H](C)NC(=O)[C@H](C)NCCn1cccn1. The first-order valence-corrected chi connectivity index (χ1v) is 6.14. The molecule has 2 atom stereocenters. The lowest BCUT2D eigenvalue weighted by Gasteiger charge is -2.17. The van der Waals surface area contributed by atoms with Gasteiger partial charge in [-0.25, -0.2) is 0 Å². The van der Waals surface area contributed by atoms with Crippen molar-refractivity contribution in [2.75, 3.05) is 6.54 Å². The molecule has 2 N–H and O–H groups in total. The third-order valence-corrected chi connectivity index (χ3v) is 2.74. The van der Waals surface area contributed by atoms with Gasteiger partial charge in [-0.05, 0) is 26.3 Å². The van der Waals surface area contributed by atoms with Crippen molar-refractivity contribution in [3.05, 3.63) is 18.5 Å². The lowest BCUT2D eigenvalue weighted by atomic mass is 10.2. The molecule has 0 aliphatic heterocycles. The van der Waals surface area contributed by atoms with Crippen molar-refractivity contribution >= 4 is 5.91 Å². The van der Waals surface area contributed by atoms with Crippen LogP contribution in [0.2, 0.25) is 0 Å². The molecule has 17 heavy (non-hydrogen) atoms. The van der Waals surface area contributed by atoms with Gasteiger partial charge in [0.15, 0.2) is 0 Å². The van der Waals surface area contributed by atoms with E-state index in [0.29, 0.717) is 0 Å². The Labute approximate surface area is 103 Å². The number of rotatable bonds is 7. The zero-order valence-electron chi connectivity index (χ0n) is 10.8. The highest BCUT2D eigenvalue weighted by Crippen LogP contribution is 1.91. The fraction of sp³-hybridized carbons (Fsp3) is 0.667. The summed E-state index contributed by atoms with van der Waals surface area (Å²) in [5.74, 6) is 0.0554. The average molecular weight is 238 g/mol. The number of nitrogens with zero attached hydrogens (tertiary/aromatic N) is 2. The Morgan fingerprint density at radius 1 is 1.47 bits per heavy atom. The molecule has 5 heteroatoms. The van der Waals surface area contributed by atoms with Crippen LogP contribution in [0.25, 0.3) is 0 Å². The van der Waals surface area contributed by atoms with Gasteiger partial charge in [0.1, 0.15) is 0 Å². The van der Waals surface area contributed by atoms with Gasteiger partial charge in [0.05, 0.1) is 12.6 Å². The fourth-order valence-corrected chi connectivity index (χ4v) is 1.39. The van der Waals surface area contributed by atoms with E-state index in [9.17, 15) is 4.79 Å². The van der Waals surface area contributed by atoms with Crippen molar-refractivity contribution in [1.82, 2.24) is 20.4 Å². The second-order valence-electron chi connectivity index (χ2n) is 4.26. The monoisotopic (exact) mass is 238 g/mol. The summed E-state index contributed by atoms with van der Waals surface area (Å²) in [5.41, 5.74) is 0. The second-order valence-corrected chi connectivity index (χ2v) is 4.26. The molecule has 0 aromatic carbocycles. The van der Waals surface area contributed by atoms with Gasteiger partial charge in [0.2, 0.25) is 5.91 Å². The zero-order valence-corrected chi connectivity index (χ0v) is 10.8. The van der Waals surface area contributed by atoms with Gasteiger partial charge < -0.3 is 10.6 Å². The first kappa shape index (κ1) is 13.7.